The SMILES string of the molecule is CC1C=Cc2cccc(-c3ccc4c(-c5nncc6c5CCCC6)c5cc(-c6cccc7ccccc67)ccc5c(-c5nncc6c5CCCC6)c4c3)c2C1. The summed E-state index contributed by atoms with van der Waals surface area (Å²) in [5.41, 5.74) is 17.5. The third-order valence-electron chi connectivity index (χ3n) is 12.7. The molecule has 0 aliphatic heterocycles. The van der Waals surface area contributed by atoms with Gasteiger partial charge in [0.05, 0.1) is 23.8 Å². The zero-order valence-corrected chi connectivity index (χ0v) is 31.3. The van der Waals surface area contributed by atoms with Gasteiger partial charge in [-0.05, 0) is 164 Å². The first-order chi connectivity index (χ1) is 27.2. The van der Waals surface area contributed by atoms with Gasteiger partial charge in [0.2, 0.25) is 0 Å². The maximum atomic E-state index is 5.05. The van der Waals surface area contributed by atoms with Crippen molar-refractivity contribution in [2.45, 2.75) is 64.7 Å². The highest BCUT2D eigenvalue weighted by atomic mass is 15.1. The van der Waals surface area contributed by atoms with Gasteiger partial charge in [-0.15, -0.1) is 0 Å². The van der Waals surface area contributed by atoms with Gasteiger partial charge in [0.15, 0.2) is 0 Å². The Kier molecular flexibility index (Phi) is 7.72. The molecule has 1 unspecified atom stereocenters. The quantitative estimate of drug-likeness (QED) is 0.171. The Morgan fingerprint density at radius 2 is 1.09 bits per heavy atom. The van der Waals surface area contributed by atoms with Crippen molar-refractivity contribution in [3.63, 3.8) is 0 Å². The second kappa shape index (κ2) is 13.1. The average Bonchev–Trinajstić information content (AvgIpc) is 3.24. The van der Waals surface area contributed by atoms with E-state index in [9.17, 15) is 0 Å². The van der Waals surface area contributed by atoms with Gasteiger partial charge in [0, 0.05) is 11.1 Å². The molecule has 2 aromatic heterocycles. The molecular formula is C51H42N4. The van der Waals surface area contributed by atoms with E-state index in [2.05, 4.69) is 121 Å². The van der Waals surface area contributed by atoms with Crippen LogP contribution >= 0.6 is 0 Å². The Labute approximate surface area is 322 Å². The minimum absolute atomic E-state index is 0.505. The van der Waals surface area contributed by atoms with Crippen molar-refractivity contribution in [2.75, 3.05) is 0 Å². The zero-order valence-electron chi connectivity index (χ0n) is 31.3. The molecule has 1 atom stereocenters. The fourth-order valence-electron chi connectivity index (χ4n) is 9.99. The molecule has 8 aromatic rings. The second-order valence-electron chi connectivity index (χ2n) is 16.0. The predicted molar refractivity (Wildman–Crippen MR) is 227 cm³/mol. The van der Waals surface area contributed by atoms with Crippen molar-refractivity contribution in [3.8, 4) is 44.8 Å². The van der Waals surface area contributed by atoms with Crippen molar-refractivity contribution in [1.29, 1.82) is 0 Å². The highest BCUT2D eigenvalue weighted by Gasteiger charge is 2.27. The number of hydrogen-bond donors (Lipinski definition) is 0. The highest BCUT2D eigenvalue weighted by molar-refractivity contribution is 6.22. The Hall–Kier alpha value is -6.00. The van der Waals surface area contributed by atoms with Crippen molar-refractivity contribution < 1.29 is 0 Å². The van der Waals surface area contributed by atoms with E-state index in [-0.39, 0.29) is 0 Å². The maximum Gasteiger partial charge on any atom is 0.0976 e. The molecule has 0 saturated carbocycles. The zero-order chi connectivity index (χ0) is 36.5. The number of rotatable bonds is 4. The van der Waals surface area contributed by atoms with E-state index in [1.807, 2.05) is 12.4 Å². The first-order valence-corrected chi connectivity index (χ1v) is 20.2. The van der Waals surface area contributed by atoms with Crippen LogP contribution in [0.15, 0.2) is 116 Å². The van der Waals surface area contributed by atoms with Crippen LogP contribution in [-0.2, 0) is 32.1 Å². The van der Waals surface area contributed by atoms with Gasteiger partial charge >= 0.3 is 0 Å². The van der Waals surface area contributed by atoms with E-state index in [1.54, 1.807) is 0 Å². The molecule has 0 radical (unpaired) electrons. The Bertz CT molecular complexity index is 2880. The highest BCUT2D eigenvalue weighted by Crippen LogP contribution is 2.48. The number of aryl methyl sites for hydroxylation is 2. The van der Waals surface area contributed by atoms with Gasteiger partial charge in [-0.2, -0.15) is 20.4 Å². The van der Waals surface area contributed by atoms with Crippen LogP contribution in [0.5, 0.6) is 0 Å². The lowest BCUT2D eigenvalue weighted by Crippen LogP contribution is -2.09. The summed E-state index contributed by atoms with van der Waals surface area (Å²) in [6.07, 6.45) is 18.6. The smallest absolute Gasteiger partial charge is 0.0976 e. The largest absolute Gasteiger partial charge is 0.158 e. The van der Waals surface area contributed by atoms with Crippen LogP contribution in [0.2, 0.25) is 0 Å². The van der Waals surface area contributed by atoms with E-state index in [1.165, 1.54) is 125 Å². The Morgan fingerprint density at radius 3 is 1.78 bits per heavy atom. The van der Waals surface area contributed by atoms with Crippen LogP contribution < -0.4 is 0 Å². The fourth-order valence-corrected chi connectivity index (χ4v) is 9.99. The lowest BCUT2D eigenvalue weighted by atomic mass is 9.80. The molecule has 0 fully saturated rings. The number of benzene rings is 6. The third kappa shape index (κ3) is 5.33. The molecule has 11 rings (SSSR count). The van der Waals surface area contributed by atoms with Gasteiger partial charge in [-0.25, -0.2) is 0 Å². The van der Waals surface area contributed by atoms with Crippen molar-refractivity contribution in [3.05, 3.63) is 149 Å². The van der Waals surface area contributed by atoms with Crippen LogP contribution in [-0.4, -0.2) is 20.4 Å². The van der Waals surface area contributed by atoms with Gasteiger partial charge < -0.3 is 0 Å². The van der Waals surface area contributed by atoms with Crippen LogP contribution in [0.25, 0.3) is 83.2 Å². The van der Waals surface area contributed by atoms with Crippen molar-refractivity contribution >= 4 is 38.4 Å². The van der Waals surface area contributed by atoms with E-state index in [0.29, 0.717) is 5.92 Å². The van der Waals surface area contributed by atoms with Crippen molar-refractivity contribution in [2.24, 2.45) is 5.92 Å². The van der Waals surface area contributed by atoms with E-state index < -0.39 is 0 Å². The topological polar surface area (TPSA) is 51.6 Å². The maximum absolute atomic E-state index is 5.05. The number of nitrogens with zero attached hydrogens (tertiary/aromatic N) is 4. The molecule has 0 spiro atoms. The van der Waals surface area contributed by atoms with Crippen molar-refractivity contribution in [1.82, 2.24) is 20.4 Å². The molecule has 4 heteroatoms. The van der Waals surface area contributed by atoms with Gasteiger partial charge in [0.1, 0.15) is 0 Å². The summed E-state index contributed by atoms with van der Waals surface area (Å²) in [6, 6.07) is 36.4. The lowest BCUT2D eigenvalue weighted by Gasteiger charge is -2.24. The molecule has 55 heavy (non-hydrogen) atoms. The lowest BCUT2D eigenvalue weighted by molar-refractivity contribution is 0.676. The van der Waals surface area contributed by atoms with Gasteiger partial charge in [-0.1, -0.05) is 104 Å². The Morgan fingerprint density at radius 1 is 0.509 bits per heavy atom. The molecule has 4 nitrogen and oxygen atoms in total. The fraction of sp³-hybridized carbons (Fsp3) is 0.216. The van der Waals surface area contributed by atoms with Crippen LogP contribution in [0.1, 0.15) is 66.0 Å². The summed E-state index contributed by atoms with van der Waals surface area (Å²) < 4.78 is 0. The average molecular weight is 711 g/mol. The third-order valence-corrected chi connectivity index (χ3v) is 12.7. The van der Waals surface area contributed by atoms with Gasteiger partial charge in [0.25, 0.3) is 0 Å². The van der Waals surface area contributed by atoms with E-state index in [0.717, 1.165) is 43.5 Å². The monoisotopic (exact) mass is 710 g/mol. The van der Waals surface area contributed by atoms with Crippen LogP contribution in [0.3, 0.4) is 0 Å². The molecule has 0 amide bonds. The van der Waals surface area contributed by atoms with Crippen LogP contribution in [0, 0.1) is 5.92 Å². The van der Waals surface area contributed by atoms with Gasteiger partial charge in [-0.3, -0.25) is 0 Å². The van der Waals surface area contributed by atoms with E-state index in [4.69, 9.17) is 15.3 Å². The van der Waals surface area contributed by atoms with E-state index >= 15 is 0 Å². The summed E-state index contributed by atoms with van der Waals surface area (Å²) in [6.45, 7) is 2.32. The summed E-state index contributed by atoms with van der Waals surface area (Å²) in [4.78, 5) is 0. The molecule has 0 bridgehead atoms. The normalized spacial score (nSPS) is 16.3. The summed E-state index contributed by atoms with van der Waals surface area (Å²) >= 11 is 0. The molecule has 3 aliphatic carbocycles. The molecule has 0 N–H and O–H groups in total. The molecule has 3 aliphatic rings. The minimum Gasteiger partial charge on any atom is -0.158 e. The first kappa shape index (κ1) is 32.4. The van der Waals surface area contributed by atoms with Crippen LogP contribution in [0.4, 0.5) is 0 Å². The summed E-state index contributed by atoms with van der Waals surface area (Å²) in [5.74, 6) is 0.505. The number of aromatic nitrogens is 4. The predicted octanol–water partition coefficient (Wildman–Crippen LogP) is 12.4. The standard InChI is InChI=1S/C51H42N4/c1-31-20-21-33-14-9-19-40(45(33)26-31)35-23-25-44-47(28-35)49(51-42-17-7-4-12-37(42)30-53-55-51)43-24-22-34(39-18-8-13-32-10-2-5-15-38(32)39)27-46(43)48(44)50-41-16-6-3-11-36(41)29-52-54-50/h2,5,8-10,13-15,18-25,27-31H,3-4,6-7,11-12,16-17,26H2,1H3. The molecule has 2 heterocycles. The molecular weight excluding hydrogens is 669 g/mol. The number of allylic oxidation sites excluding steroid dienone is 1. The Balaban J connectivity index is 1.28. The minimum atomic E-state index is 0.505. The summed E-state index contributed by atoms with van der Waals surface area (Å²) in [5, 5.41) is 26.8. The molecule has 266 valence electrons. The molecule has 6 aromatic carbocycles. The number of hydrogen-bond acceptors (Lipinski definition) is 4. The summed E-state index contributed by atoms with van der Waals surface area (Å²) in [7, 11) is 0. The molecule has 0 saturated heterocycles. The first-order valence-electron chi connectivity index (χ1n) is 20.2. The second-order valence-corrected chi connectivity index (χ2v) is 16.0. The number of fused-ring (bicyclic) bond motifs is 6.